The van der Waals surface area contributed by atoms with Crippen LogP contribution >= 0.6 is 11.3 Å². The Morgan fingerprint density at radius 3 is 2.51 bits per heavy atom. The van der Waals surface area contributed by atoms with Gasteiger partial charge in [-0.15, -0.1) is 11.3 Å². The van der Waals surface area contributed by atoms with Crippen LogP contribution in [-0.2, 0) is 4.74 Å². The molecule has 0 aliphatic heterocycles. The van der Waals surface area contributed by atoms with E-state index >= 15 is 0 Å². The minimum absolute atomic E-state index is 0.0626. The van der Waals surface area contributed by atoms with Gasteiger partial charge in [0, 0.05) is 10.8 Å². The molecule has 1 N–H and O–H groups in total. The summed E-state index contributed by atoms with van der Waals surface area (Å²) in [4.78, 5) is 39.2. The third kappa shape index (κ3) is 4.45. The number of amides is 1. The van der Waals surface area contributed by atoms with Crippen LogP contribution in [0, 0.1) is 5.82 Å². The number of carbonyl (C=O) groups is 2. The first-order valence-corrected chi connectivity index (χ1v) is 11.3. The smallest absolute Gasteiger partial charge is 0.359 e. The Kier molecular flexibility index (Phi) is 6.78. The molecule has 1 amide bonds. The third-order valence-electron chi connectivity index (χ3n) is 5.07. The van der Waals surface area contributed by atoms with Crippen LogP contribution in [0.3, 0.4) is 0 Å². The van der Waals surface area contributed by atoms with Gasteiger partial charge in [0.25, 0.3) is 11.5 Å². The van der Waals surface area contributed by atoms with E-state index in [1.54, 1.807) is 30.5 Å². The number of rotatable bonds is 7. The van der Waals surface area contributed by atoms with Crippen molar-refractivity contribution in [2.75, 3.05) is 26.1 Å². The number of esters is 1. The van der Waals surface area contributed by atoms with Gasteiger partial charge >= 0.3 is 5.97 Å². The minimum Gasteiger partial charge on any atom is -0.493 e. The number of nitrogens with zero attached hydrogens (tertiary/aromatic N) is 2. The van der Waals surface area contributed by atoms with Gasteiger partial charge in [-0.3, -0.25) is 9.59 Å². The maximum atomic E-state index is 13.5. The number of methoxy groups -OCH3 is 2. The summed E-state index contributed by atoms with van der Waals surface area (Å²) in [5, 5.41) is 8.94. The van der Waals surface area contributed by atoms with Gasteiger partial charge in [0.2, 0.25) is 0 Å². The molecule has 0 aliphatic rings. The summed E-state index contributed by atoms with van der Waals surface area (Å²) in [6.07, 6.45) is 0. The zero-order valence-corrected chi connectivity index (χ0v) is 19.8. The number of para-hydroxylation sites is 1. The maximum Gasteiger partial charge on any atom is 0.359 e. The van der Waals surface area contributed by atoms with Gasteiger partial charge in [0.15, 0.2) is 17.2 Å². The lowest BCUT2D eigenvalue weighted by Crippen LogP contribution is -2.25. The van der Waals surface area contributed by atoms with Crippen LogP contribution in [0.2, 0.25) is 0 Å². The topological polar surface area (TPSA) is 109 Å². The lowest BCUT2D eigenvalue weighted by Gasteiger charge is -2.12. The van der Waals surface area contributed by atoms with Crippen molar-refractivity contribution in [1.82, 2.24) is 9.78 Å². The summed E-state index contributed by atoms with van der Waals surface area (Å²) in [5.41, 5.74) is -0.288. The zero-order chi connectivity index (χ0) is 25.1. The number of fused-ring (bicyclic) bond motifs is 1. The molecule has 0 fully saturated rings. The molecule has 9 nitrogen and oxygen atoms in total. The molecule has 4 aromatic rings. The number of ether oxygens (including phenoxy) is 3. The van der Waals surface area contributed by atoms with E-state index in [1.807, 2.05) is 0 Å². The summed E-state index contributed by atoms with van der Waals surface area (Å²) in [5.74, 6) is -1.19. The standard InChI is InChI=1S/C24H20FN3O6S/c1-4-34-24(31)19-16-12-35-22(26-21(29)15-6-5-7-17(32-2)20(15)33-3)18(16)23(30)28(27-19)14-10-8-13(25)9-11-14/h5-12H,4H2,1-3H3,(H,26,29). The Morgan fingerprint density at radius 2 is 1.86 bits per heavy atom. The van der Waals surface area contributed by atoms with Crippen LogP contribution in [0.15, 0.2) is 52.6 Å². The molecule has 0 spiro atoms. The Balaban J connectivity index is 1.87. The van der Waals surface area contributed by atoms with Gasteiger partial charge in [0.05, 0.1) is 37.5 Å². The number of hydrogen-bond acceptors (Lipinski definition) is 8. The van der Waals surface area contributed by atoms with Gasteiger partial charge in [-0.25, -0.2) is 9.18 Å². The Morgan fingerprint density at radius 1 is 1.11 bits per heavy atom. The number of halogens is 1. The fourth-order valence-electron chi connectivity index (χ4n) is 3.49. The van der Waals surface area contributed by atoms with Crippen LogP contribution in [0.1, 0.15) is 27.8 Å². The lowest BCUT2D eigenvalue weighted by molar-refractivity contribution is 0.0520. The summed E-state index contributed by atoms with van der Waals surface area (Å²) in [6.45, 7) is 1.74. The Labute approximate surface area is 202 Å². The molecule has 0 radical (unpaired) electrons. The first-order valence-electron chi connectivity index (χ1n) is 10.4. The molecule has 11 heteroatoms. The summed E-state index contributed by atoms with van der Waals surface area (Å²) < 4.78 is 30.1. The molecular weight excluding hydrogens is 477 g/mol. The van der Waals surface area contributed by atoms with E-state index in [9.17, 15) is 18.8 Å². The normalized spacial score (nSPS) is 10.7. The van der Waals surface area contributed by atoms with Crippen molar-refractivity contribution in [2.24, 2.45) is 0 Å². The third-order valence-corrected chi connectivity index (χ3v) is 5.96. The van der Waals surface area contributed by atoms with Crippen molar-refractivity contribution in [3.63, 3.8) is 0 Å². The molecule has 0 bridgehead atoms. The number of nitrogens with one attached hydrogen (secondary N) is 1. The monoisotopic (exact) mass is 497 g/mol. The predicted molar refractivity (Wildman–Crippen MR) is 129 cm³/mol. The predicted octanol–water partition coefficient (Wildman–Crippen LogP) is 4.03. The van der Waals surface area contributed by atoms with Crippen LogP contribution in [0.5, 0.6) is 11.5 Å². The Bertz CT molecular complexity index is 1480. The number of carbonyl (C=O) groups excluding carboxylic acids is 2. The summed E-state index contributed by atoms with van der Waals surface area (Å²) in [7, 11) is 2.86. The average Bonchev–Trinajstić information content (AvgIpc) is 3.28. The van der Waals surface area contributed by atoms with Crippen molar-refractivity contribution in [2.45, 2.75) is 6.92 Å². The molecule has 0 saturated carbocycles. The minimum atomic E-state index is -0.737. The van der Waals surface area contributed by atoms with E-state index in [0.29, 0.717) is 5.75 Å². The summed E-state index contributed by atoms with van der Waals surface area (Å²) in [6, 6.07) is 9.88. The second-order valence-corrected chi connectivity index (χ2v) is 7.99. The molecule has 0 saturated heterocycles. The molecule has 4 rings (SSSR count). The highest BCUT2D eigenvalue weighted by Crippen LogP contribution is 2.34. The van der Waals surface area contributed by atoms with Gasteiger partial charge in [-0.1, -0.05) is 6.07 Å². The van der Waals surface area contributed by atoms with Crippen molar-refractivity contribution in [1.29, 1.82) is 0 Å². The molecule has 180 valence electrons. The number of benzene rings is 2. The largest absolute Gasteiger partial charge is 0.493 e. The van der Waals surface area contributed by atoms with E-state index in [4.69, 9.17) is 14.2 Å². The van der Waals surface area contributed by atoms with Gasteiger partial charge in [-0.05, 0) is 43.3 Å². The molecular formula is C24H20FN3O6S. The first-order chi connectivity index (χ1) is 16.9. The van der Waals surface area contributed by atoms with Crippen molar-refractivity contribution in [3.8, 4) is 17.2 Å². The van der Waals surface area contributed by atoms with Crippen LogP contribution in [0.4, 0.5) is 9.39 Å². The van der Waals surface area contributed by atoms with Gasteiger partial charge in [-0.2, -0.15) is 9.78 Å². The number of aromatic nitrogens is 2. The average molecular weight is 498 g/mol. The summed E-state index contributed by atoms with van der Waals surface area (Å²) >= 11 is 1.05. The molecule has 0 unspecified atom stereocenters. The van der Waals surface area contributed by atoms with Crippen LogP contribution in [-0.4, -0.2) is 42.5 Å². The fourth-order valence-corrected chi connectivity index (χ4v) is 4.42. The van der Waals surface area contributed by atoms with Crippen molar-refractivity contribution in [3.05, 3.63) is 75.3 Å². The molecule has 2 aromatic carbocycles. The van der Waals surface area contributed by atoms with Gasteiger partial charge < -0.3 is 19.5 Å². The maximum absolute atomic E-state index is 13.5. The van der Waals surface area contributed by atoms with Crippen LogP contribution in [0.25, 0.3) is 16.5 Å². The van der Waals surface area contributed by atoms with E-state index in [2.05, 4.69) is 10.4 Å². The number of thiophene rings is 1. The first kappa shape index (κ1) is 23.9. The lowest BCUT2D eigenvalue weighted by atomic mass is 10.1. The molecule has 2 heterocycles. The highest BCUT2D eigenvalue weighted by Gasteiger charge is 2.24. The SMILES string of the molecule is CCOC(=O)c1nn(-c2ccc(F)cc2)c(=O)c2c(NC(=O)c3cccc(OC)c3OC)scc12. The number of hydrogen-bond donors (Lipinski definition) is 1. The zero-order valence-electron chi connectivity index (χ0n) is 19.0. The second kappa shape index (κ2) is 9.94. The molecule has 0 atom stereocenters. The van der Waals surface area contributed by atoms with E-state index < -0.39 is 23.3 Å². The quantitative estimate of drug-likeness (QED) is 0.384. The van der Waals surface area contributed by atoms with E-state index in [0.717, 1.165) is 16.0 Å². The van der Waals surface area contributed by atoms with E-state index in [1.165, 1.54) is 38.5 Å². The highest BCUT2D eigenvalue weighted by atomic mass is 32.1. The van der Waals surface area contributed by atoms with Crippen molar-refractivity contribution >= 4 is 39.0 Å². The number of anilines is 1. The fraction of sp³-hybridized carbons (Fsp3) is 0.167. The molecule has 2 aromatic heterocycles. The Hall–Kier alpha value is -4.25. The van der Waals surface area contributed by atoms with Crippen LogP contribution < -0.4 is 20.3 Å². The molecule has 0 aliphatic carbocycles. The van der Waals surface area contributed by atoms with Gasteiger partial charge in [0.1, 0.15) is 10.8 Å². The van der Waals surface area contributed by atoms with E-state index in [-0.39, 0.29) is 45.1 Å². The molecule has 35 heavy (non-hydrogen) atoms. The highest BCUT2D eigenvalue weighted by molar-refractivity contribution is 7.16. The van der Waals surface area contributed by atoms with Crippen molar-refractivity contribution < 1.29 is 28.2 Å². The second-order valence-electron chi connectivity index (χ2n) is 7.11.